The van der Waals surface area contributed by atoms with Crippen LogP contribution in [0.15, 0.2) is 65.3 Å². The first-order valence-corrected chi connectivity index (χ1v) is 8.14. The molecule has 6 nitrogen and oxygen atoms in total. The molecule has 130 valence electrons. The van der Waals surface area contributed by atoms with Crippen molar-refractivity contribution in [2.24, 2.45) is 0 Å². The number of aliphatic hydroxyl groups excluding tert-OH is 1. The van der Waals surface area contributed by atoms with Crippen molar-refractivity contribution in [2.75, 3.05) is 17.2 Å². The van der Waals surface area contributed by atoms with Gasteiger partial charge in [-0.15, -0.1) is 0 Å². The summed E-state index contributed by atoms with van der Waals surface area (Å²) in [4.78, 5) is 0. The quantitative estimate of drug-likeness (QED) is 0.543. The highest BCUT2D eigenvalue weighted by Gasteiger charge is 2.13. The highest BCUT2D eigenvalue weighted by molar-refractivity contribution is 5.72. The van der Waals surface area contributed by atoms with Gasteiger partial charge >= 0.3 is 0 Å². The van der Waals surface area contributed by atoms with Crippen LogP contribution >= 0.6 is 0 Å². The molecule has 0 saturated carbocycles. The van der Waals surface area contributed by atoms with Gasteiger partial charge in [0.25, 0.3) is 0 Å². The minimum absolute atomic E-state index is 0.577. The molecule has 1 heterocycles. The Hall–Kier alpha value is -2.83. The Morgan fingerprint density at radius 2 is 1.84 bits per heavy atom. The smallest absolute Gasteiger partial charge is 0.203 e. The summed E-state index contributed by atoms with van der Waals surface area (Å²) in [5.74, 6) is 0.577. The van der Waals surface area contributed by atoms with E-state index in [1.807, 2.05) is 61.5 Å². The molecule has 6 heteroatoms. The van der Waals surface area contributed by atoms with Crippen molar-refractivity contribution in [1.82, 2.24) is 5.16 Å². The third-order valence-corrected chi connectivity index (χ3v) is 3.63. The van der Waals surface area contributed by atoms with Crippen LogP contribution in [-0.2, 0) is 11.3 Å². The second-order valence-corrected chi connectivity index (χ2v) is 5.46. The number of aromatic nitrogens is 1. The van der Waals surface area contributed by atoms with Gasteiger partial charge in [0.05, 0.1) is 12.8 Å². The fourth-order valence-electron chi connectivity index (χ4n) is 2.40. The Morgan fingerprint density at radius 3 is 2.56 bits per heavy atom. The number of hydrogen-bond donors (Lipinski definition) is 3. The van der Waals surface area contributed by atoms with Crippen molar-refractivity contribution in [3.05, 3.63) is 66.4 Å². The predicted octanol–water partition coefficient (Wildman–Crippen LogP) is 3.68. The van der Waals surface area contributed by atoms with Gasteiger partial charge in [-0.2, -0.15) is 0 Å². The summed E-state index contributed by atoms with van der Waals surface area (Å²) >= 11 is 0. The molecule has 25 heavy (non-hydrogen) atoms. The van der Waals surface area contributed by atoms with Crippen LogP contribution in [0.5, 0.6) is 0 Å². The van der Waals surface area contributed by atoms with Crippen molar-refractivity contribution in [3.63, 3.8) is 0 Å². The topological polar surface area (TPSA) is 79.5 Å². The summed E-state index contributed by atoms with van der Waals surface area (Å²) in [5.41, 5.74) is 3.37. The number of rotatable bonds is 8. The van der Waals surface area contributed by atoms with Gasteiger partial charge < -0.3 is 25.0 Å². The van der Waals surface area contributed by atoms with Crippen LogP contribution in [0, 0.1) is 0 Å². The molecule has 0 amide bonds. The zero-order chi connectivity index (χ0) is 17.5. The minimum atomic E-state index is -0.986. The maximum atomic E-state index is 10.2. The maximum absolute atomic E-state index is 10.2. The fourth-order valence-corrected chi connectivity index (χ4v) is 2.40. The Balaban J connectivity index is 1.62. The van der Waals surface area contributed by atoms with Crippen LogP contribution in [0.25, 0.3) is 11.3 Å². The molecule has 1 atom stereocenters. The standard InChI is InChI=1S/C19H21N3O3/c1-2-24-13-14-8-10-16(11-9-14)21-19(23)22-17-12-20-25-18(17)15-6-4-3-5-7-15/h3-12,19,21-23H,2,13H2,1H3. The second kappa shape index (κ2) is 8.32. The van der Waals surface area contributed by atoms with Crippen LogP contribution in [-0.4, -0.2) is 23.2 Å². The van der Waals surface area contributed by atoms with Gasteiger partial charge in [-0.1, -0.05) is 47.6 Å². The van der Waals surface area contributed by atoms with Gasteiger partial charge in [0.1, 0.15) is 5.69 Å². The monoisotopic (exact) mass is 339 g/mol. The molecule has 0 aliphatic rings. The van der Waals surface area contributed by atoms with Gasteiger partial charge in [-0.05, 0) is 24.6 Å². The van der Waals surface area contributed by atoms with E-state index >= 15 is 0 Å². The Kier molecular flexibility index (Phi) is 5.66. The van der Waals surface area contributed by atoms with E-state index in [0.29, 0.717) is 24.7 Å². The summed E-state index contributed by atoms with van der Waals surface area (Å²) in [6, 6.07) is 17.3. The maximum Gasteiger partial charge on any atom is 0.203 e. The lowest BCUT2D eigenvalue weighted by atomic mass is 10.1. The number of hydrogen-bond acceptors (Lipinski definition) is 6. The second-order valence-electron chi connectivity index (χ2n) is 5.46. The van der Waals surface area contributed by atoms with E-state index in [2.05, 4.69) is 15.8 Å². The summed E-state index contributed by atoms with van der Waals surface area (Å²) in [7, 11) is 0. The highest BCUT2D eigenvalue weighted by Crippen LogP contribution is 2.27. The lowest BCUT2D eigenvalue weighted by molar-refractivity contribution is 0.134. The summed E-state index contributed by atoms with van der Waals surface area (Å²) in [6.07, 6.45) is 0.554. The van der Waals surface area contributed by atoms with E-state index in [-0.39, 0.29) is 0 Å². The first-order chi connectivity index (χ1) is 12.3. The molecule has 0 bridgehead atoms. The highest BCUT2D eigenvalue weighted by atomic mass is 16.5. The van der Waals surface area contributed by atoms with Crippen molar-refractivity contribution in [1.29, 1.82) is 0 Å². The first kappa shape index (κ1) is 17.0. The van der Waals surface area contributed by atoms with Crippen molar-refractivity contribution in [3.8, 4) is 11.3 Å². The van der Waals surface area contributed by atoms with Crippen LogP contribution in [0.3, 0.4) is 0 Å². The number of aliphatic hydroxyl groups is 1. The summed E-state index contributed by atoms with van der Waals surface area (Å²) in [6.45, 7) is 3.23. The molecular weight excluding hydrogens is 318 g/mol. The SMILES string of the molecule is CCOCc1ccc(NC(O)Nc2cnoc2-c2ccccc2)cc1. The molecule has 0 radical (unpaired) electrons. The largest absolute Gasteiger partial charge is 0.377 e. The van der Waals surface area contributed by atoms with Crippen LogP contribution in [0.2, 0.25) is 0 Å². The average Bonchev–Trinajstić information content (AvgIpc) is 3.10. The molecule has 0 aliphatic carbocycles. The molecule has 1 aromatic heterocycles. The zero-order valence-electron chi connectivity index (χ0n) is 14.0. The van der Waals surface area contributed by atoms with Crippen molar-refractivity contribution in [2.45, 2.75) is 19.9 Å². The molecule has 0 aliphatic heterocycles. The van der Waals surface area contributed by atoms with Gasteiger partial charge in [0, 0.05) is 17.9 Å². The van der Waals surface area contributed by atoms with E-state index in [0.717, 1.165) is 16.8 Å². The summed E-state index contributed by atoms with van der Waals surface area (Å²) in [5, 5.41) is 20.0. The lowest BCUT2D eigenvalue weighted by Gasteiger charge is -2.16. The lowest BCUT2D eigenvalue weighted by Crippen LogP contribution is -2.27. The number of benzene rings is 2. The fraction of sp³-hybridized carbons (Fsp3) is 0.211. The van der Waals surface area contributed by atoms with E-state index in [1.165, 1.54) is 0 Å². The molecule has 0 fully saturated rings. The van der Waals surface area contributed by atoms with Gasteiger partial charge in [0.2, 0.25) is 6.35 Å². The number of nitrogens with one attached hydrogen (secondary N) is 2. The molecule has 0 saturated heterocycles. The van der Waals surface area contributed by atoms with E-state index in [4.69, 9.17) is 9.26 Å². The molecule has 3 rings (SSSR count). The zero-order valence-corrected chi connectivity index (χ0v) is 14.0. The normalized spacial score (nSPS) is 11.9. The Morgan fingerprint density at radius 1 is 1.08 bits per heavy atom. The number of anilines is 2. The average molecular weight is 339 g/mol. The third-order valence-electron chi connectivity index (χ3n) is 3.63. The minimum Gasteiger partial charge on any atom is -0.377 e. The first-order valence-electron chi connectivity index (χ1n) is 8.14. The van der Waals surface area contributed by atoms with Crippen LogP contribution in [0.4, 0.5) is 11.4 Å². The van der Waals surface area contributed by atoms with E-state index in [1.54, 1.807) is 6.20 Å². The van der Waals surface area contributed by atoms with E-state index < -0.39 is 6.35 Å². The molecule has 1 unspecified atom stereocenters. The van der Waals surface area contributed by atoms with Crippen LogP contribution < -0.4 is 10.6 Å². The molecular formula is C19H21N3O3. The molecule has 3 aromatic rings. The molecule has 3 N–H and O–H groups in total. The van der Waals surface area contributed by atoms with Gasteiger partial charge in [-0.25, -0.2) is 0 Å². The Labute approximate surface area is 146 Å². The predicted molar refractivity (Wildman–Crippen MR) is 97.0 cm³/mol. The molecule has 2 aromatic carbocycles. The van der Waals surface area contributed by atoms with Gasteiger partial charge in [0.15, 0.2) is 5.76 Å². The van der Waals surface area contributed by atoms with Crippen molar-refractivity contribution < 1.29 is 14.4 Å². The van der Waals surface area contributed by atoms with Gasteiger partial charge in [-0.3, -0.25) is 0 Å². The number of nitrogens with zero attached hydrogens (tertiary/aromatic N) is 1. The number of ether oxygens (including phenoxy) is 1. The third kappa shape index (κ3) is 4.59. The summed E-state index contributed by atoms with van der Waals surface area (Å²) < 4.78 is 10.7. The van der Waals surface area contributed by atoms with Crippen molar-refractivity contribution >= 4 is 11.4 Å². The van der Waals surface area contributed by atoms with E-state index in [9.17, 15) is 5.11 Å². The van der Waals surface area contributed by atoms with Crippen LogP contribution in [0.1, 0.15) is 12.5 Å². The Bertz CT molecular complexity index is 772. The molecule has 0 spiro atoms.